The van der Waals surface area contributed by atoms with Crippen LogP contribution in [0.1, 0.15) is 53.5 Å². The summed E-state index contributed by atoms with van der Waals surface area (Å²) in [6.45, 7) is 5.59. The van der Waals surface area contributed by atoms with Gasteiger partial charge in [0.25, 0.3) is 0 Å². The summed E-state index contributed by atoms with van der Waals surface area (Å²) < 4.78 is 9.70. The van der Waals surface area contributed by atoms with Gasteiger partial charge in [0, 0.05) is 29.6 Å². The maximum Gasteiger partial charge on any atom is 0.209 e. The van der Waals surface area contributed by atoms with Gasteiger partial charge >= 0.3 is 0 Å². The zero-order chi connectivity index (χ0) is 17.4. The number of hydrogen-bond acceptors (Lipinski definition) is 6. The number of nitrogens with zero attached hydrogens (tertiary/aromatic N) is 5. The van der Waals surface area contributed by atoms with E-state index in [0.717, 1.165) is 30.7 Å². The third-order valence-electron chi connectivity index (χ3n) is 4.93. The Morgan fingerprint density at radius 1 is 1.36 bits per heavy atom. The molecule has 134 valence electrons. The minimum absolute atomic E-state index is 0.136. The lowest BCUT2D eigenvalue weighted by Crippen LogP contribution is -2.17. The number of ether oxygens (including phenoxy) is 1. The van der Waals surface area contributed by atoms with Crippen molar-refractivity contribution in [2.24, 2.45) is 0 Å². The van der Waals surface area contributed by atoms with Gasteiger partial charge in [0.1, 0.15) is 0 Å². The van der Waals surface area contributed by atoms with Crippen molar-refractivity contribution in [3.63, 3.8) is 0 Å². The van der Waals surface area contributed by atoms with Crippen LogP contribution in [-0.4, -0.2) is 49.0 Å². The number of tetrazole rings is 1. The van der Waals surface area contributed by atoms with Crippen LogP contribution in [0.4, 0.5) is 0 Å². The second-order valence-electron chi connectivity index (χ2n) is 6.88. The number of carbonyl (C=O) groups excluding carboxylic acids is 1. The molecule has 0 amide bonds. The monoisotopic (exact) mass is 361 g/mol. The molecule has 3 heterocycles. The highest BCUT2D eigenvalue weighted by atomic mass is 32.2. The molecule has 7 nitrogen and oxygen atoms in total. The summed E-state index contributed by atoms with van der Waals surface area (Å²) >= 11 is 1.40. The highest BCUT2D eigenvalue weighted by Gasteiger charge is 2.28. The molecule has 1 aliphatic carbocycles. The van der Waals surface area contributed by atoms with Crippen molar-refractivity contribution >= 4 is 17.5 Å². The van der Waals surface area contributed by atoms with E-state index >= 15 is 0 Å². The molecular formula is C17H23N5O2S. The van der Waals surface area contributed by atoms with E-state index in [-0.39, 0.29) is 11.9 Å². The minimum Gasteiger partial charge on any atom is -0.376 e. The number of rotatable bonds is 7. The highest BCUT2D eigenvalue weighted by Crippen LogP contribution is 2.38. The van der Waals surface area contributed by atoms with Crippen LogP contribution in [0.2, 0.25) is 0 Å². The van der Waals surface area contributed by atoms with Crippen LogP contribution in [0.3, 0.4) is 0 Å². The van der Waals surface area contributed by atoms with Crippen LogP contribution in [0.25, 0.3) is 0 Å². The summed E-state index contributed by atoms with van der Waals surface area (Å²) in [6.07, 6.45) is 4.74. The predicted octanol–water partition coefficient (Wildman–Crippen LogP) is 2.58. The Balaban J connectivity index is 1.41. The summed E-state index contributed by atoms with van der Waals surface area (Å²) in [7, 11) is 0. The standard InChI is InChI=1S/C17H23N5O2S/c1-11-8-15(12(2)22(11)13-5-6-13)16(23)10-25-17-18-19-20-21(17)9-14-4-3-7-24-14/h8,13-14H,3-7,9-10H2,1-2H3. The molecule has 1 atom stereocenters. The third kappa shape index (κ3) is 3.50. The number of ketones is 1. The van der Waals surface area contributed by atoms with Crippen LogP contribution < -0.4 is 0 Å². The first-order valence-corrected chi connectivity index (χ1v) is 9.84. The third-order valence-corrected chi connectivity index (χ3v) is 5.89. The van der Waals surface area contributed by atoms with Gasteiger partial charge in [-0.2, -0.15) is 0 Å². The second kappa shape index (κ2) is 6.92. The lowest BCUT2D eigenvalue weighted by atomic mass is 10.2. The van der Waals surface area contributed by atoms with Crippen LogP contribution in [-0.2, 0) is 11.3 Å². The zero-order valence-electron chi connectivity index (χ0n) is 14.6. The SMILES string of the molecule is Cc1cc(C(=O)CSc2nnnn2CC2CCCO2)c(C)n1C1CC1. The number of Topliss-reactive ketones (excluding diaryl/α,β-unsaturated/α-hetero) is 1. The molecule has 1 aliphatic heterocycles. The van der Waals surface area contributed by atoms with Crippen molar-refractivity contribution in [3.8, 4) is 0 Å². The van der Waals surface area contributed by atoms with E-state index in [1.54, 1.807) is 4.68 Å². The molecule has 2 fully saturated rings. The summed E-state index contributed by atoms with van der Waals surface area (Å²) in [6, 6.07) is 2.61. The summed E-state index contributed by atoms with van der Waals surface area (Å²) in [5.41, 5.74) is 3.09. The van der Waals surface area contributed by atoms with Gasteiger partial charge in [-0.25, -0.2) is 4.68 Å². The Kier molecular flexibility index (Phi) is 4.64. The molecule has 8 heteroatoms. The molecule has 0 spiro atoms. The average molecular weight is 361 g/mol. The van der Waals surface area contributed by atoms with Gasteiger partial charge in [-0.15, -0.1) is 5.10 Å². The molecule has 4 rings (SSSR count). The van der Waals surface area contributed by atoms with Crippen LogP contribution >= 0.6 is 11.8 Å². The fourth-order valence-electron chi connectivity index (χ4n) is 3.56. The normalized spacial score (nSPS) is 20.3. The van der Waals surface area contributed by atoms with E-state index in [4.69, 9.17) is 4.74 Å². The number of aryl methyl sites for hydroxylation is 1. The van der Waals surface area contributed by atoms with Gasteiger partial charge in [-0.1, -0.05) is 11.8 Å². The summed E-state index contributed by atoms with van der Waals surface area (Å²) in [4.78, 5) is 12.7. The predicted molar refractivity (Wildman–Crippen MR) is 94.0 cm³/mol. The Morgan fingerprint density at radius 3 is 2.92 bits per heavy atom. The molecular weight excluding hydrogens is 338 g/mol. The summed E-state index contributed by atoms with van der Waals surface area (Å²) in [5, 5.41) is 12.5. The molecule has 2 aromatic heterocycles. The van der Waals surface area contributed by atoms with E-state index in [9.17, 15) is 4.79 Å². The van der Waals surface area contributed by atoms with Gasteiger partial charge in [0.2, 0.25) is 5.16 Å². The van der Waals surface area contributed by atoms with Gasteiger partial charge in [-0.05, 0) is 56.0 Å². The first kappa shape index (κ1) is 16.8. The van der Waals surface area contributed by atoms with E-state index in [1.165, 1.54) is 30.3 Å². The smallest absolute Gasteiger partial charge is 0.209 e. The van der Waals surface area contributed by atoms with E-state index in [2.05, 4.69) is 27.0 Å². The van der Waals surface area contributed by atoms with Gasteiger partial charge in [-0.3, -0.25) is 4.79 Å². The van der Waals surface area contributed by atoms with Crippen molar-refractivity contribution in [1.82, 2.24) is 24.8 Å². The Morgan fingerprint density at radius 2 is 2.20 bits per heavy atom. The second-order valence-corrected chi connectivity index (χ2v) is 7.82. The molecule has 0 aromatic carbocycles. The zero-order valence-corrected chi connectivity index (χ0v) is 15.5. The molecule has 2 aromatic rings. The first-order valence-electron chi connectivity index (χ1n) is 8.85. The van der Waals surface area contributed by atoms with Crippen LogP contribution in [0.5, 0.6) is 0 Å². The van der Waals surface area contributed by atoms with Gasteiger partial charge < -0.3 is 9.30 Å². The van der Waals surface area contributed by atoms with Crippen molar-refractivity contribution in [2.45, 2.75) is 63.4 Å². The molecule has 0 N–H and O–H groups in total. The van der Waals surface area contributed by atoms with Crippen molar-refractivity contribution in [1.29, 1.82) is 0 Å². The van der Waals surface area contributed by atoms with E-state index in [1.807, 2.05) is 13.0 Å². The maximum absolute atomic E-state index is 12.7. The van der Waals surface area contributed by atoms with Gasteiger partial charge in [0.05, 0.1) is 18.4 Å². The molecule has 25 heavy (non-hydrogen) atoms. The highest BCUT2D eigenvalue weighted by molar-refractivity contribution is 7.99. The molecule has 1 unspecified atom stereocenters. The van der Waals surface area contributed by atoms with Crippen molar-refractivity contribution < 1.29 is 9.53 Å². The van der Waals surface area contributed by atoms with Crippen molar-refractivity contribution in [2.75, 3.05) is 12.4 Å². The molecule has 1 saturated heterocycles. The van der Waals surface area contributed by atoms with Crippen molar-refractivity contribution in [3.05, 3.63) is 23.0 Å². The minimum atomic E-state index is 0.136. The Bertz CT molecular complexity index is 774. The molecule has 0 bridgehead atoms. The van der Waals surface area contributed by atoms with E-state index in [0.29, 0.717) is 23.5 Å². The number of aromatic nitrogens is 5. The molecule has 0 radical (unpaired) electrons. The largest absolute Gasteiger partial charge is 0.376 e. The Labute approximate surface area is 151 Å². The van der Waals surface area contributed by atoms with Gasteiger partial charge in [0.15, 0.2) is 5.78 Å². The molecule has 1 saturated carbocycles. The topological polar surface area (TPSA) is 74.8 Å². The summed E-state index contributed by atoms with van der Waals surface area (Å²) in [5.74, 6) is 0.484. The first-order chi connectivity index (χ1) is 12.1. The van der Waals surface area contributed by atoms with E-state index < -0.39 is 0 Å². The lowest BCUT2D eigenvalue weighted by Gasteiger charge is -2.10. The fourth-order valence-corrected chi connectivity index (χ4v) is 4.33. The Hall–Kier alpha value is -1.67. The molecule has 2 aliphatic rings. The van der Waals surface area contributed by atoms with Crippen LogP contribution in [0.15, 0.2) is 11.2 Å². The maximum atomic E-state index is 12.7. The quantitative estimate of drug-likeness (QED) is 0.557. The fraction of sp³-hybridized carbons (Fsp3) is 0.647. The number of thioether (sulfide) groups is 1. The average Bonchev–Trinajstić information content (AvgIpc) is 3.00. The lowest BCUT2D eigenvalue weighted by molar-refractivity contribution is 0.0912. The number of carbonyl (C=O) groups is 1. The van der Waals surface area contributed by atoms with Crippen LogP contribution in [0, 0.1) is 13.8 Å². The number of hydrogen-bond donors (Lipinski definition) is 0.